The van der Waals surface area contributed by atoms with E-state index in [9.17, 15) is 14.7 Å². The number of carbonyl (C=O) groups is 2. The molecule has 8 heteroatoms. The van der Waals surface area contributed by atoms with Gasteiger partial charge in [-0.05, 0) is 12.2 Å². The number of aliphatic carboxylic acids is 1. The second kappa shape index (κ2) is 5.11. The van der Waals surface area contributed by atoms with Gasteiger partial charge in [-0.2, -0.15) is 11.8 Å². The number of thioether (sulfide) groups is 1. The maximum atomic E-state index is 11.9. The van der Waals surface area contributed by atoms with Gasteiger partial charge in [0, 0.05) is 5.75 Å². The van der Waals surface area contributed by atoms with E-state index in [-0.39, 0.29) is 10.8 Å². The van der Waals surface area contributed by atoms with Crippen LogP contribution >= 0.6 is 23.4 Å². The van der Waals surface area contributed by atoms with Crippen molar-refractivity contribution < 1.29 is 14.7 Å². The Hall–Kier alpha value is -1.34. The number of hydrogen-bond acceptors (Lipinski definition) is 5. The first-order valence-corrected chi connectivity index (χ1v) is 6.68. The summed E-state index contributed by atoms with van der Waals surface area (Å²) in [5, 5.41) is 11.9. The average molecular weight is 288 g/mol. The third-order valence-corrected chi connectivity index (χ3v) is 4.02. The maximum Gasteiger partial charge on any atom is 0.330 e. The van der Waals surface area contributed by atoms with Crippen LogP contribution in [0.25, 0.3) is 0 Å². The van der Waals surface area contributed by atoms with Crippen LogP contribution in [0.2, 0.25) is 5.15 Å². The zero-order chi connectivity index (χ0) is 13.2. The van der Waals surface area contributed by atoms with Crippen molar-refractivity contribution in [3.8, 4) is 0 Å². The van der Waals surface area contributed by atoms with Crippen molar-refractivity contribution in [2.24, 2.45) is 0 Å². The Kier molecular flexibility index (Phi) is 3.72. The minimum Gasteiger partial charge on any atom is -0.479 e. The lowest BCUT2D eigenvalue weighted by Crippen LogP contribution is -2.54. The number of carboxylic acids is 1. The lowest BCUT2D eigenvalue weighted by molar-refractivity contribution is -0.143. The summed E-state index contributed by atoms with van der Waals surface area (Å²) in [5.74, 6) is -0.514. The molecule has 0 saturated carbocycles. The van der Waals surface area contributed by atoms with Gasteiger partial charge in [-0.15, -0.1) is 0 Å². The third-order valence-electron chi connectivity index (χ3n) is 2.64. The number of halogens is 1. The van der Waals surface area contributed by atoms with E-state index in [2.05, 4.69) is 15.3 Å². The molecule has 2 heterocycles. The topological polar surface area (TPSA) is 92.2 Å². The van der Waals surface area contributed by atoms with E-state index < -0.39 is 17.4 Å². The Morgan fingerprint density at radius 3 is 2.72 bits per heavy atom. The minimum absolute atomic E-state index is 0.0527. The summed E-state index contributed by atoms with van der Waals surface area (Å²) < 4.78 is 0. The predicted octanol–water partition coefficient (Wildman–Crippen LogP) is 0.820. The van der Waals surface area contributed by atoms with Gasteiger partial charge in [0.2, 0.25) is 0 Å². The highest BCUT2D eigenvalue weighted by Gasteiger charge is 2.43. The normalized spacial score (nSPS) is 22.7. The Labute approximate surface area is 112 Å². The molecule has 0 aliphatic carbocycles. The Bertz CT molecular complexity index is 474. The summed E-state index contributed by atoms with van der Waals surface area (Å²) in [6.07, 6.45) is 2.86. The van der Waals surface area contributed by atoms with Crippen LogP contribution in [0.5, 0.6) is 0 Å². The first-order valence-electron chi connectivity index (χ1n) is 5.15. The highest BCUT2D eigenvalue weighted by Crippen LogP contribution is 2.28. The molecule has 1 unspecified atom stereocenters. The first kappa shape index (κ1) is 13.1. The van der Waals surface area contributed by atoms with E-state index in [1.165, 1.54) is 24.2 Å². The standard InChI is InChI=1S/C10H10ClN3O3S/c11-7-4-12-6(3-13-7)8(15)14-10(9(16)17)1-2-18-5-10/h3-4H,1-2,5H2,(H,14,15)(H,16,17). The molecule has 96 valence electrons. The molecule has 1 fully saturated rings. The third kappa shape index (κ3) is 2.56. The van der Waals surface area contributed by atoms with Gasteiger partial charge >= 0.3 is 5.97 Å². The van der Waals surface area contributed by atoms with Gasteiger partial charge in [0.25, 0.3) is 5.91 Å². The Morgan fingerprint density at radius 2 is 2.22 bits per heavy atom. The van der Waals surface area contributed by atoms with Gasteiger partial charge in [0.05, 0.1) is 12.4 Å². The van der Waals surface area contributed by atoms with Gasteiger partial charge in [-0.25, -0.2) is 14.8 Å². The second-order valence-electron chi connectivity index (χ2n) is 3.87. The van der Waals surface area contributed by atoms with Gasteiger partial charge < -0.3 is 10.4 Å². The zero-order valence-electron chi connectivity index (χ0n) is 9.22. The van der Waals surface area contributed by atoms with E-state index in [0.29, 0.717) is 17.9 Å². The van der Waals surface area contributed by atoms with Crippen molar-refractivity contribution in [3.05, 3.63) is 23.2 Å². The van der Waals surface area contributed by atoms with Crippen molar-refractivity contribution in [3.63, 3.8) is 0 Å². The fourth-order valence-corrected chi connectivity index (χ4v) is 3.02. The maximum absolute atomic E-state index is 11.9. The molecule has 1 atom stereocenters. The number of nitrogens with zero attached hydrogens (tertiary/aromatic N) is 2. The fraction of sp³-hybridized carbons (Fsp3) is 0.400. The monoisotopic (exact) mass is 287 g/mol. The van der Waals surface area contributed by atoms with Crippen molar-refractivity contribution in [1.29, 1.82) is 0 Å². The number of carbonyl (C=O) groups excluding carboxylic acids is 1. The molecule has 0 spiro atoms. The first-order chi connectivity index (χ1) is 8.53. The second-order valence-corrected chi connectivity index (χ2v) is 5.36. The van der Waals surface area contributed by atoms with Crippen molar-refractivity contribution in [1.82, 2.24) is 15.3 Å². The summed E-state index contributed by atoms with van der Waals surface area (Å²) in [4.78, 5) is 30.7. The lowest BCUT2D eigenvalue weighted by Gasteiger charge is -2.24. The van der Waals surface area contributed by atoms with Crippen LogP contribution in [-0.2, 0) is 4.79 Å². The molecule has 0 aromatic carbocycles. The molecule has 1 aliphatic heterocycles. The Morgan fingerprint density at radius 1 is 1.44 bits per heavy atom. The molecule has 1 aliphatic rings. The molecule has 0 radical (unpaired) electrons. The van der Waals surface area contributed by atoms with Crippen LogP contribution < -0.4 is 5.32 Å². The van der Waals surface area contributed by atoms with Crippen LogP contribution in [0.1, 0.15) is 16.9 Å². The lowest BCUT2D eigenvalue weighted by atomic mass is 9.99. The van der Waals surface area contributed by atoms with E-state index in [1.54, 1.807) is 0 Å². The van der Waals surface area contributed by atoms with E-state index in [1.807, 2.05) is 0 Å². The number of rotatable bonds is 3. The number of hydrogen-bond donors (Lipinski definition) is 2. The quantitative estimate of drug-likeness (QED) is 0.855. The number of aromatic nitrogens is 2. The smallest absolute Gasteiger partial charge is 0.330 e. The van der Waals surface area contributed by atoms with Crippen LogP contribution in [0, 0.1) is 0 Å². The molecule has 1 aromatic rings. The summed E-state index contributed by atoms with van der Waals surface area (Å²) in [6.45, 7) is 0. The summed E-state index contributed by atoms with van der Waals surface area (Å²) in [6, 6.07) is 0. The fourth-order valence-electron chi connectivity index (χ4n) is 1.60. The molecule has 2 rings (SSSR count). The van der Waals surface area contributed by atoms with Gasteiger partial charge in [-0.1, -0.05) is 11.6 Å². The van der Waals surface area contributed by atoms with Crippen molar-refractivity contribution in [2.45, 2.75) is 12.0 Å². The van der Waals surface area contributed by atoms with Crippen LogP contribution in [0.3, 0.4) is 0 Å². The summed E-state index contributed by atoms with van der Waals surface area (Å²) in [7, 11) is 0. The van der Waals surface area contributed by atoms with E-state index in [0.717, 1.165) is 0 Å². The summed E-state index contributed by atoms with van der Waals surface area (Å²) in [5.41, 5.74) is -1.15. The van der Waals surface area contributed by atoms with Crippen molar-refractivity contribution >= 4 is 35.2 Å². The predicted molar refractivity (Wildman–Crippen MR) is 66.8 cm³/mol. The van der Waals surface area contributed by atoms with E-state index >= 15 is 0 Å². The number of amides is 1. The van der Waals surface area contributed by atoms with Gasteiger partial charge in [-0.3, -0.25) is 4.79 Å². The molecule has 1 saturated heterocycles. The van der Waals surface area contributed by atoms with Crippen molar-refractivity contribution in [2.75, 3.05) is 11.5 Å². The molecule has 0 bridgehead atoms. The van der Waals surface area contributed by atoms with Crippen LogP contribution in [0.15, 0.2) is 12.4 Å². The molecule has 1 aromatic heterocycles. The Balaban J connectivity index is 2.15. The number of nitrogens with one attached hydrogen (secondary N) is 1. The minimum atomic E-state index is -1.21. The molecule has 18 heavy (non-hydrogen) atoms. The van der Waals surface area contributed by atoms with Crippen LogP contribution in [-0.4, -0.2) is 44.0 Å². The zero-order valence-corrected chi connectivity index (χ0v) is 10.8. The SMILES string of the molecule is O=C(NC1(C(=O)O)CCSC1)c1cnc(Cl)cn1. The van der Waals surface area contributed by atoms with Gasteiger partial charge in [0.1, 0.15) is 16.4 Å². The molecule has 2 N–H and O–H groups in total. The molecular formula is C10H10ClN3O3S. The highest BCUT2D eigenvalue weighted by atomic mass is 35.5. The molecule has 1 amide bonds. The largest absolute Gasteiger partial charge is 0.479 e. The molecular weight excluding hydrogens is 278 g/mol. The molecule has 6 nitrogen and oxygen atoms in total. The highest BCUT2D eigenvalue weighted by molar-refractivity contribution is 7.99. The van der Waals surface area contributed by atoms with Gasteiger partial charge in [0.15, 0.2) is 0 Å². The summed E-state index contributed by atoms with van der Waals surface area (Å²) >= 11 is 7.06. The van der Waals surface area contributed by atoms with E-state index in [4.69, 9.17) is 11.6 Å². The van der Waals surface area contributed by atoms with Crippen LogP contribution in [0.4, 0.5) is 0 Å². The number of carboxylic acid groups (broad SMARTS) is 1. The average Bonchev–Trinajstić information content (AvgIpc) is 2.79.